The van der Waals surface area contributed by atoms with E-state index in [4.69, 9.17) is 4.74 Å². The average molecular weight is 434 g/mol. The lowest BCUT2D eigenvalue weighted by atomic mass is 9.69. The SMILES string of the molecule is CCOC1=C(c2ccccc2)[C@@]2(CC(c3ccccc3)=C(N(C)C)C2)C(c2ccccc2)=C1. The van der Waals surface area contributed by atoms with Crippen LogP contribution in [0.3, 0.4) is 0 Å². The van der Waals surface area contributed by atoms with Gasteiger partial charge in [-0.25, -0.2) is 0 Å². The largest absolute Gasteiger partial charge is 0.494 e. The van der Waals surface area contributed by atoms with Gasteiger partial charge in [-0.15, -0.1) is 0 Å². The molecule has 3 aromatic carbocycles. The van der Waals surface area contributed by atoms with Crippen LogP contribution in [0, 0.1) is 5.41 Å². The molecule has 1 spiro atoms. The Morgan fingerprint density at radius 2 is 1.27 bits per heavy atom. The van der Waals surface area contributed by atoms with Crippen LogP contribution in [0.4, 0.5) is 0 Å². The van der Waals surface area contributed by atoms with Gasteiger partial charge in [-0.2, -0.15) is 0 Å². The maximum absolute atomic E-state index is 6.32. The van der Waals surface area contributed by atoms with Crippen molar-refractivity contribution in [1.82, 2.24) is 4.90 Å². The van der Waals surface area contributed by atoms with Gasteiger partial charge in [-0.1, -0.05) is 91.0 Å². The zero-order valence-electron chi connectivity index (χ0n) is 19.7. The molecule has 2 aliphatic rings. The van der Waals surface area contributed by atoms with Crippen molar-refractivity contribution >= 4 is 16.7 Å². The van der Waals surface area contributed by atoms with Crippen molar-refractivity contribution in [1.29, 1.82) is 0 Å². The fourth-order valence-corrected chi connectivity index (χ4v) is 5.54. The van der Waals surface area contributed by atoms with Crippen LogP contribution in [0.1, 0.15) is 36.5 Å². The van der Waals surface area contributed by atoms with Gasteiger partial charge in [0.15, 0.2) is 0 Å². The van der Waals surface area contributed by atoms with Gasteiger partial charge >= 0.3 is 0 Å². The van der Waals surface area contributed by atoms with Gasteiger partial charge in [0.05, 0.1) is 6.61 Å². The Balaban J connectivity index is 1.73. The summed E-state index contributed by atoms with van der Waals surface area (Å²) >= 11 is 0. The quantitative estimate of drug-likeness (QED) is 0.405. The van der Waals surface area contributed by atoms with Crippen LogP contribution in [0.2, 0.25) is 0 Å². The maximum atomic E-state index is 6.32. The molecule has 0 bridgehead atoms. The van der Waals surface area contributed by atoms with Crippen LogP contribution >= 0.6 is 0 Å². The molecule has 0 N–H and O–H groups in total. The second-order valence-electron chi connectivity index (χ2n) is 9.08. The molecule has 3 aromatic rings. The van der Waals surface area contributed by atoms with Gasteiger partial charge in [0.1, 0.15) is 5.76 Å². The first-order valence-electron chi connectivity index (χ1n) is 11.8. The summed E-state index contributed by atoms with van der Waals surface area (Å²) in [5.74, 6) is 1.01. The topological polar surface area (TPSA) is 12.5 Å². The first-order valence-corrected chi connectivity index (χ1v) is 11.8. The molecule has 2 aliphatic carbocycles. The van der Waals surface area contributed by atoms with Crippen LogP contribution in [-0.4, -0.2) is 25.6 Å². The molecule has 0 radical (unpaired) electrons. The Bertz CT molecular complexity index is 1220. The summed E-state index contributed by atoms with van der Waals surface area (Å²) in [6, 6.07) is 32.5. The first-order chi connectivity index (χ1) is 16.1. The van der Waals surface area contributed by atoms with E-state index in [2.05, 4.69) is 123 Å². The molecule has 2 heteroatoms. The molecule has 0 saturated heterocycles. The maximum Gasteiger partial charge on any atom is 0.124 e. The predicted octanol–water partition coefficient (Wildman–Crippen LogP) is 7.28. The third-order valence-corrected chi connectivity index (χ3v) is 6.92. The molecule has 0 heterocycles. The standard InChI is InChI=1S/C31H31NO/c1-4-33-29-20-27(24-16-10-6-11-17-24)31(30(29)25-18-12-7-13-19-25)21-26(28(22-31)32(2)3)23-14-8-5-9-15-23/h5-20H,4,21-22H2,1-3H3/t31-/m1/s1. The first kappa shape index (κ1) is 21.3. The molecule has 2 nitrogen and oxygen atoms in total. The Kier molecular flexibility index (Phi) is 5.68. The fraction of sp³-hybridized carbons (Fsp3) is 0.226. The van der Waals surface area contributed by atoms with Gasteiger partial charge in [0, 0.05) is 37.2 Å². The third-order valence-electron chi connectivity index (χ3n) is 6.92. The van der Waals surface area contributed by atoms with Crippen molar-refractivity contribution in [3.63, 3.8) is 0 Å². The van der Waals surface area contributed by atoms with E-state index in [0.29, 0.717) is 6.61 Å². The molecule has 0 unspecified atom stereocenters. The monoisotopic (exact) mass is 433 g/mol. The molecular formula is C31H31NO. The van der Waals surface area contributed by atoms with E-state index in [1.807, 2.05) is 0 Å². The molecule has 0 fully saturated rings. The molecule has 33 heavy (non-hydrogen) atoms. The Morgan fingerprint density at radius 3 is 1.82 bits per heavy atom. The fourth-order valence-electron chi connectivity index (χ4n) is 5.54. The second kappa shape index (κ2) is 8.78. The van der Waals surface area contributed by atoms with E-state index in [1.54, 1.807) is 0 Å². The normalized spacial score (nSPS) is 19.9. The smallest absolute Gasteiger partial charge is 0.124 e. The lowest BCUT2D eigenvalue weighted by molar-refractivity contribution is 0.243. The minimum Gasteiger partial charge on any atom is -0.494 e. The Morgan fingerprint density at radius 1 is 0.727 bits per heavy atom. The van der Waals surface area contributed by atoms with E-state index in [0.717, 1.165) is 18.6 Å². The van der Waals surface area contributed by atoms with Gasteiger partial charge < -0.3 is 9.64 Å². The van der Waals surface area contributed by atoms with Crippen molar-refractivity contribution in [2.75, 3.05) is 20.7 Å². The van der Waals surface area contributed by atoms with Crippen LogP contribution < -0.4 is 0 Å². The second-order valence-corrected chi connectivity index (χ2v) is 9.08. The van der Waals surface area contributed by atoms with E-state index < -0.39 is 0 Å². The third kappa shape index (κ3) is 3.70. The molecule has 0 saturated carbocycles. The zero-order valence-corrected chi connectivity index (χ0v) is 19.7. The highest BCUT2D eigenvalue weighted by molar-refractivity contribution is 5.98. The number of rotatable bonds is 6. The number of allylic oxidation sites excluding steroid dienone is 5. The molecule has 5 rings (SSSR count). The zero-order chi connectivity index (χ0) is 22.8. The van der Waals surface area contributed by atoms with Crippen molar-refractivity contribution in [2.45, 2.75) is 19.8 Å². The van der Waals surface area contributed by atoms with Crippen molar-refractivity contribution in [2.24, 2.45) is 5.41 Å². The molecule has 0 amide bonds. The van der Waals surface area contributed by atoms with Gasteiger partial charge in [-0.3, -0.25) is 0 Å². The van der Waals surface area contributed by atoms with Crippen molar-refractivity contribution < 1.29 is 4.74 Å². The predicted molar refractivity (Wildman–Crippen MR) is 138 cm³/mol. The summed E-state index contributed by atoms with van der Waals surface area (Å²) in [5, 5.41) is 0. The van der Waals surface area contributed by atoms with Gasteiger partial charge in [-0.05, 0) is 47.3 Å². The molecule has 0 aliphatic heterocycles. The summed E-state index contributed by atoms with van der Waals surface area (Å²) in [4.78, 5) is 2.31. The summed E-state index contributed by atoms with van der Waals surface area (Å²) in [5.41, 5.74) is 9.15. The molecule has 166 valence electrons. The number of benzene rings is 3. The Labute approximate surface area is 197 Å². The average Bonchev–Trinajstić information content (AvgIpc) is 3.40. The van der Waals surface area contributed by atoms with Crippen LogP contribution in [0.15, 0.2) is 109 Å². The van der Waals surface area contributed by atoms with E-state index in [1.165, 1.54) is 39.1 Å². The van der Waals surface area contributed by atoms with E-state index in [-0.39, 0.29) is 5.41 Å². The number of nitrogens with zero attached hydrogens (tertiary/aromatic N) is 1. The van der Waals surface area contributed by atoms with Gasteiger partial charge in [0.2, 0.25) is 0 Å². The summed E-state index contributed by atoms with van der Waals surface area (Å²) in [7, 11) is 4.35. The molecule has 1 atom stereocenters. The lowest BCUT2D eigenvalue weighted by Crippen LogP contribution is -2.22. The number of hydrogen-bond acceptors (Lipinski definition) is 2. The van der Waals surface area contributed by atoms with E-state index in [9.17, 15) is 0 Å². The minimum absolute atomic E-state index is 0.169. The van der Waals surface area contributed by atoms with Gasteiger partial charge in [0.25, 0.3) is 0 Å². The minimum atomic E-state index is -0.169. The van der Waals surface area contributed by atoms with Crippen LogP contribution in [-0.2, 0) is 4.74 Å². The lowest BCUT2D eigenvalue weighted by Gasteiger charge is -2.33. The molecular weight excluding hydrogens is 402 g/mol. The summed E-state index contributed by atoms with van der Waals surface area (Å²) in [6.07, 6.45) is 4.21. The van der Waals surface area contributed by atoms with Crippen molar-refractivity contribution in [3.8, 4) is 0 Å². The Hall–Kier alpha value is -3.52. The van der Waals surface area contributed by atoms with E-state index >= 15 is 0 Å². The van der Waals surface area contributed by atoms with Crippen LogP contribution in [0.25, 0.3) is 16.7 Å². The number of ether oxygens (including phenoxy) is 1. The van der Waals surface area contributed by atoms with Crippen molar-refractivity contribution in [3.05, 3.63) is 125 Å². The summed E-state index contributed by atoms with van der Waals surface area (Å²) in [6.45, 7) is 2.73. The highest BCUT2D eigenvalue weighted by atomic mass is 16.5. The number of hydrogen-bond donors (Lipinski definition) is 0. The summed E-state index contributed by atoms with van der Waals surface area (Å²) < 4.78 is 6.32. The highest BCUT2D eigenvalue weighted by Crippen LogP contribution is 2.64. The van der Waals surface area contributed by atoms with Crippen LogP contribution in [0.5, 0.6) is 0 Å². The highest BCUT2D eigenvalue weighted by Gasteiger charge is 2.50. The molecule has 0 aromatic heterocycles.